The molecule has 1 unspecified atom stereocenters. The van der Waals surface area contributed by atoms with Crippen molar-refractivity contribution in [2.24, 2.45) is 5.73 Å². The van der Waals surface area contributed by atoms with Gasteiger partial charge in [0.2, 0.25) is 0 Å². The molecule has 0 heterocycles. The number of halogens is 2. The van der Waals surface area contributed by atoms with Crippen LogP contribution >= 0.6 is 11.6 Å². The lowest BCUT2D eigenvalue weighted by Crippen LogP contribution is -2.29. The molecular formula is C12H14ClFN2. The van der Waals surface area contributed by atoms with Crippen molar-refractivity contribution in [3.8, 4) is 12.3 Å². The Kier molecular flexibility index (Phi) is 5.27. The first-order valence-electron chi connectivity index (χ1n) is 5.01. The zero-order chi connectivity index (χ0) is 12.0. The predicted molar refractivity (Wildman–Crippen MR) is 64.7 cm³/mol. The summed E-state index contributed by atoms with van der Waals surface area (Å²) in [7, 11) is 0. The maximum atomic E-state index is 13.7. The Balaban J connectivity index is 2.79. The van der Waals surface area contributed by atoms with Gasteiger partial charge in [-0.1, -0.05) is 23.7 Å². The van der Waals surface area contributed by atoms with E-state index in [-0.39, 0.29) is 11.1 Å². The molecule has 1 aromatic rings. The Morgan fingerprint density at radius 3 is 2.94 bits per heavy atom. The number of rotatable bonds is 5. The first-order chi connectivity index (χ1) is 7.70. The summed E-state index contributed by atoms with van der Waals surface area (Å²) in [5.41, 5.74) is 6.06. The lowest BCUT2D eigenvalue weighted by Gasteiger charge is -2.17. The lowest BCUT2D eigenvalue weighted by molar-refractivity contribution is 0.512. The highest BCUT2D eigenvalue weighted by atomic mass is 35.5. The summed E-state index contributed by atoms with van der Waals surface area (Å²) in [4.78, 5) is 0. The van der Waals surface area contributed by atoms with Gasteiger partial charge in [0, 0.05) is 31.1 Å². The van der Waals surface area contributed by atoms with Crippen LogP contribution < -0.4 is 11.1 Å². The molecule has 0 fully saturated rings. The van der Waals surface area contributed by atoms with Gasteiger partial charge in [-0.15, -0.1) is 12.3 Å². The van der Waals surface area contributed by atoms with E-state index in [9.17, 15) is 4.39 Å². The fourth-order valence-electron chi connectivity index (χ4n) is 1.43. The Morgan fingerprint density at radius 2 is 2.31 bits per heavy atom. The average molecular weight is 241 g/mol. The van der Waals surface area contributed by atoms with Crippen LogP contribution in [0, 0.1) is 18.2 Å². The van der Waals surface area contributed by atoms with E-state index in [0.29, 0.717) is 25.1 Å². The number of terminal acetylenes is 1. The van der Waals surface area contributed by atoms with Crippen molar-refractivity contribution < 1.29 is 4.39 Å². The van der Waals surface area contributed by atoms with Crippen molar-refractivity contribution in [3.05, 3.63) is 34.6 Å². The van der Waals surface area contributed by atoms with Crippen LogP contribution in [0.1, 0.15) is 18.0 Å². The average Bonchev–Trinajstić information content (AvgIpc) is 2.29. The third-order valence-corrected chi connectivity index (χ3v) is 2.54. The predicted octanol–water partition coefficient (Wildman–Crippen LogP) is 2.09. The zero-order valence-electron chi connectivity index (χ0n) is 8.84. The first kappa shape index (κ1) is 13.0. The van der Waals surface area contributed by atoms with Crippen molar-refractivity contribution >= 4 is 11.6 Å². The van der Waals surface area contributed by atoms with E-state index in [2.05, 4.69) is 11.2 Å². The smallest absolute Gasteiger partial charge is 0.146 e. The third kappa shape index (κ3) is 3.21. The van der Waals surface area contributed by atoms with Crippen molar-refractivity contribution in [1.29, 1.82) is 0 Å². The molecule has 0 aromatic heterocycles. The van der Waals surface area contributed by atoms with Crippen LogP contribution in [0.15, 0.2) is 18.2 Å². The van der Waals surface area contributed by atoms with Crippen molar-refractivity contribution in [2.45, 2.75) is 12.5 Å². The van der Waals surface area contributed by atoms with Crippen LogP contribution in [0.3, 0.4) is 0 Å². The van der Waals surface area contributed by atoms with E-state index in [1.54, 1.807) is 12.1 Å². The summed E-state index contributed by atoms with van der Waals surface area (Å²) in [6.07, 6.45) is 5.71. The van der Waals surface area contributed by atoms with Gasteiger partial charge in [0.15, 0.2) is 0 Å². The summed E-state index contributed by atoms with van der Waals surface area (Å²) in [5, 5.41) is 3.19. The maximum Gasteiger partial charge on any atom is 0.146 e. The minimum atomic E-state index is -0.423. The minimum Gasteiger partial charge on any atom is -0.329 e. The summed E-state index contributed by atoms with van der Waals surface area (Å²) in [5.74, 6) is 2.08. The molecular weight excluding hydrogens is 227 g/mol. The van der Waals surface area contributed by atoms with Crippen LogP contribution in [0.25, 0.3) is 0 Å². The Labute approximate surface area is 100.0 Å². The van der Waals surface area contributed by atoms with Crippen LogP contribution in [0.2, 0.25) is 5.02 Å². The van der Waals surface area contributed by atoms with Crippen molar-refractivity contribution in [3.63, 3.8) is 0 Å². The van der Waals surface area contributed by atoms with Gasteiger partial charge < -0.3 is 11.1 Å². The summed E-state index contributed by atoms with van der Waals surface area (Å²) in [6, 6.07) is 4.62. The Morgan fingerprint density at radius 1 is 1.56 bits per heavy atom. The normalized spacial score (nSPS) is 12.1. The highest BCUT2D eigenvalue weighted by Gasteiger charge is 2.15. The van der Waals surface area contributed by atoms with Gasteiger partial charge in [-0.05, 0) is 6.07 Å². The molecule has 2 nitrogen and oxygen atoms in total. The van der Waals surface area contributed by atoms with Gasteiger partial charge in [0.05, 0.1) is 5.02 Å². The molecule has 0 saturated heterocycles. The fourth-order valence-corrected chi connectivity index (χ4v) is 1.61. The number of benzene rings is 1. The van der Waals surface area contributed by atoms with E-state index in [0.717, 1.165) is 0 Å². The fraction of sp³-hybridized carbons (Fsp3) is 0.333. The molecule has 16 heavy (non-hydrogen) atoms. The molecule has 0 radical (unpaired) electrons. The van der Waals surface area contributed by atoms with E-state index in [1.165, 1.54) is 6.07 Å². The van der Waals surface area contributed by atoms with Crippen LogP contribution in [-0.2, 0) is 0 Å². The lowest BCUT2D eigenvalue weighted by atomic mass is 10.1. The van der Waals surface area contributed by atoms with Gasteiger partial charge in [-0.3, -0.25) is 0 Å². The second-order valence-electron chi connectivity index (χ2n) is 3.34. The van der Waals surface area contributed by atoms with E-state index in [4.69, 9.17) is 23.8 Å². The molecule has 1 aromatic carbocycles. The Bertz CT molecular complexity index is 387. The van der Waals surface area contributed by atoms with Crippen molar-refractivity contribution in [2.75, 3.05) is 13.1 Å². The molecule has 0 bridgehead atoms. The quantitative estimate of drug-likeness (QED) is 0.611. The molecule has 0 saturated carbocycles. The van der Waals surface area contributed by atoms with Gasteiger partial charge in [-0.25, -0.2) is 4.39 Å². The molecule has 0 spiro atoms. The van der Waals surface area contributed by atoms with Gasteiger partial charge in [0.25, 0.3) is 0 Å². The maximum absolute atomic E-state index is 13.7. The molecule has 0 aliphatic heterocycles. The van der Waals surface area contributed by atoms with Crippen LogP contribution in [-0.4, -0.2) is 13.1 Å². The molecule has 0 aliphatic carbocycles. The highest BCUT2D eigenvalue weighted by Crippen LogP contribution is 2.22. The molecule has 1 rings (SSSR count). The summed E-state index contributed by atoms with van der Waals surface area (Å²) < 4.78 is 13.7. The van der Waals surface area contributed by atoms with Crippen LogP contribution in [0.5, 0.6) is 0 Å². The second kappa shape index (κ2) is 6.49. The van der Waals surface area contributed by atoms with Crippen molar-refractivity contribution in [1.82, 2.24) is 5.32 Å². The van der Waals surface area contributed by atoms with Gasteiger partial charge in [-0.2, -0.15) is 0 Å². The molecule has 4 heteroatoms. The molecule has 1 atom stereocenters. The third-order valence-electron chi connectivity index (χ3n) is 2.25. The van der Waals surface area contributed by atoms with Gasteiger partial charge in [0.1, 0.15) is 5.82 Å². The number of hydrogen-bond donors (Lipinski definition) is 2. The molecule has 3 N–H and O–H groups in total. The zero-order valence-corrected chi connectivity index (χ0v) is 9.60. The molecule has 0 amide bonds. The van der Waals surface area contributed by atoms with E-state index >= 15 is 0 Å². The summed E-state index contributed by atoms with van der Waals surface area (Å²) >= 11 is 5.70. The minimum absolute atomic E-state index is 0.106. The standard InChI is InChI=1S/C12H14ClFN2/c1-2-3-7-16-11(8-15)9-5-4-6-10(13)12(9)14/h1,4-6,11,16H,3,7-8,15H2. The number of hydrogen-bond acceptors (Lipinski definition) is 2. The number of nitrogens with two attached hydrogens (primary N) is 1. The number of nitrogens with one attached hydrogen (secondary N) is 1. The topological polar surface area (TPSA) is 38.0 Å². The van der Waals surface area contributed by atoms with Crippen LogP contribution in [0.4, 0.5) is 4.39 Å². The van der Waals surface area contributed by atoms with E-state index < -0.39 is 5.82 Å². The highest BCUT2D eigenvalue weighted by molar-refractivity contribution is 6.30. The first-order valence-corrected chi connectivity index (χ1v) is 5.39. The second-order valence-corrected chi connectivity index (χ2v) is 3.75. The molecule has 86 valence electrons. The molecule has 0 aliphatic rings. The Hall–Kier alpha value is -1.08. The van der Waals surface area contributed by atoms with E-state index in [1.807, 2.05) is 0 Å². The SMILES string of the molecule is C#CCCNC(CN)c1cccc(Cl)c1F. The summed E-state index contributed by atoms with van der Waals surface area (Å²) in [6.45, 7) is 0.895. The largest absolute Gasteiger partial charge is 0.329 e. The monoisotopic (exact) mass is 240 g/mol. The van der Waals surface area contributed by atoms with Gasteiger partial charge >= 0.3 is 0 Å².